The Kier molecular flexibility index (Phi) is 7.12. The lowest BCUT2D eigenvalue weighted by atomic mass is 10.1. The molecule has 3 aromatic carbocycles. The molecule has 0 unspecified atom stereocenters. The molecule has 5 aromatic rings. The molecule has 186 valence electrons. The molecular formula is C30H27N3O4. The summed E-state index contributed by atoms with van der Waals surface area (Å²) in [6, 6.07) is 27.3. The third-order valence-corrected chi connectivity index (χ3v) is 6.01. The summed E-state index contributed by atoms with van der Waals surface area (Å²) in [5.74, 6) is 2.30. The zero-order valence-electron chi connectivity index (χ0n) is 20.7. The van der Waals surface area contributed by atoms with Crippen molar-refractivity contribution >= 4 is 5.97 Å². The van der Waals surface area contributed by atoms with Crippen LogP contribution in [0.4, 0.5) is 0 Å². The highest BCUT2D eigenvalue weighted by Crippen LogP contribution is 2.24. The lowest BCUT2D eigenvalue weighted by Crippen LogP contribution is -2.06. The van der Waals surface area contributed by atoms with Crippen molar-refractivity contribution in [2.45, 2.75) is 19.8 Å². The number of nitrogens with zero attached hydrogens (tertiary/aromatic N) is 2. The summed E-state index contributed by atoms with van der Waals surface area (Å²) >= 11 is 0. The Morgan fingerprint density at radius 3 is 2.38 bits per heavy atom. The molecule has 0 atom stereocenters. The first kappa shape index (κ1) is 24.1. The zero-order valence-corrected chi connectivity index (χ0v) is 20.7. The molecule has 0 fully saturated rings. The summed E-state index contributed by atoms with van der Waals surface area (Å²) in [5, 5.41) is 0. The molecule has 0 aliphatic carbocycles. The fourth-order valence-corrected chi connectivity index (χ4v) is 4.11. The molecule has 7 heteroatoms. The Bertz CT molecular complexity index is 1490. The molecule has 0 bridgehead atoms. The van der Waals surface area contributed by atoms with Gasteiger partial charge in [-0.25, -0.2) is 14.8 Å². The fraction of sp³-hybridized carbons (Fsp3) is 0.167. The third kappa shape index (κ3) is 5.62. The highest BCUT2D eigenvalue weighted by molar-refractivity contribution is 5.89. The van der Waals surface area contributed by atoms with Gasteiger partial charge in [-0.3, -0.25) is 0 Å². The molecule has 0 amide bonds. The van der Waals surface area contributed by atoms with Gasteiger partial charge in [0.2, 0.25) is 5.89 Å². The van der Waals surface area contributed by atoms with Crippen molar-refractivity contribution in [3.8, 4) is 28.6 Å². The van der Waals surface area contributed by atoms with E-state index in [1.807, 2.05) is 91.9 Å². The second-order valence-electron chi connectivity index (χ2n) is 8.58. The number of aromatic nitrogens is 3. The van der Waals surface area contributed by atoms with Gasteiger partial charge >= 0.3 is 5.97 Å². The van der Waals surface area contributed by atoms with Crippen LogP contribution in [0, 0.1) is 6.92 Å². The summed E-state index contributed by atoms with van der Waals surface area (Å²) in [7, 11) is 1.36. The predicted molar refractivity (Wildman–Crippen MR) is 140 cm³/mol. The Morgan fingerprint density at radius 1 is 0.919 bits per heavy atom. The number of oxazole rings is 1. The highest BCUT2D eigenvalue weighted by atomic mass is 16.5. The Labute approximate surface area is 215 Å². The van der Waals surface area contributed by atoms with E-state index in [0.717, 1.165) is 33.9 Å². The number of ether oxygens (including phenoxy) is 2. The average molecular weight is 494 g/mol. The lowest BCUT2D eigenvalue weighted by molar-refractivity contribution is 0.0593. The normalized spacial score (nSPS) is 10.9. The van der Waals surface area contributed by atoms with Gasteiger partial charge < -0.3 is 18.9 Å². The van der Waals surface area contributed by atoms with Crippen LogP contribution in [0.5, 0.6) is 5.75 Å². The van der Waals surface area contributed by atoms with E-state index in [2.05, 4.69) is 15.0 Å². The van der Waals surface area contributed by atoms with E-state index in [-0.39, 0.29) is 5.69 Å². The number of nitrogens with one attached hydrogen (secondary N) is 1. The number of hydrogen-bond acceptors (Lipinski definition) is 6. The Hall–Kier alpha value is -4.65. The second-order valence-corrected chi connectivity index (χ2v) is 8.58. The summed E-state index contributed by atoms with van der Waals surface area (Å²) in [6.45, 7) is 2.38. The number of aryl methyl sites for hydroxylation is 1. The number of imidazole rings is 1. The number of benzene rings is 3. The maximum atomic E-state index is 12.4. The quantitative estimate of drug-likeness (QED) is 0.252. The van der Waals surface area contributed by atoms with E-state index in [1.54, 1.807) is 0 Å². The van der Waals surface area contributed by atoms with Crippen LogP contribution in [-0.4, -0.2) is 34.6 Å². The average Bonchev–Trinajstić information content (AvgIpc) is 3.53. The van der Waals surface area contributed by atoms with Crippen molar-refractivity contribution in [1.82, 2.24) is 15.0 Å². The third-order valence-electron chi connectivity index (χ3n) is 6.01. The van der Waals surface area contributed by atoms with Crippen LogP contribution in [0.2, 0.25) is 0 Å². The minimum atomic E-state index is -0.473. The predicted octanol–water partition coefficient (Wildman–Crippen LogP) is 6.04. The van der Waals surface area contributed by atoms with Gasteiger partial charge in [0.25, 0.3) is 0 Å². The number of hydrogen-bond donors (Lipinski definition) is 1. The summed E-state index contributed by atoms with van der Waals surface area (Å²) in [4.78, 5) is 24.8. The molecule has 37 heavy (non-hydrogen) atoms. The Balaban J connectivity index is 1.27. The molecule has 2 aromatic heterocycles. The number of esters is 1. The molecule has 7 nitrogen and oxygen atoms in total. The van der Waals surface area contributed by atoms with Gasteiger partial charge in [-0.15, -0.1) is 0 Å². The number of methoxy groups -OCH3 is 1. The van der Waals surface area contributed by atoms with Crippen molar-refractivity contribution < 1.29 is 18.7 Å². The van der Waals surface area contributed by atoms with Crippen LogP contribution in [-0.2, 0) is 17.6 Å². The van der Waals surface area contributed by atoms with Crippen molar-refractivity contribution in [1.29, 1.82) is 0 Å². The molecule has 0 radical (unpaired) electrons. The standard InChI is InChI=1S/C30H27N3O4/c1-20-25(32-29(37-20)23-13-7-4-8-14-23)16-17-36-24-15-9-10-21(18-24)19-26-27(30(34)35-2)33-28(31-26)22-11-5-3-6-12-22/h3-15,18H,16-17,19H2,1-2H3,(H,31,33). The van der Waals surface area contributed by atoms with Crippen LogP contribution in [0.1, 0.15) is 33.2 Å². The molecule has 5 rings (SSSR count). The summed E-state index contributed by atoms with van der Waals surface area (Å²) in [5.41, 5.74) is 4.68. The lowest BCUT2D eigenvalue weighted by Gasteiger charge is -2.08. The zero-order chi connectivity index (χ0) is 25.6. The van der Waals surface area contributed by atoms with Crippen LogP contribution in [0.15, 0.2) is 89.3 Å². The van der Waals surface area contributed by atoms with Crippen LogP contribution < -0.4 is 4.74 Å². The van der Waals surface area contributed by atoms with Crippen molar-refractivity contribution in [3.63, 3.8) is 0 Å². The minimum absolute atomic E-state index is 0.281. The molecule has 0 saturated carbocycles. The van der Waals surface area contributed by atoms with E-state index < -0.39 is 5.97 Å². The largest absolute Gasteiger partial charge is 0.493 e. The Morgan fingerprint density at radius 2 is 1.65 bits per heavy atom. The van der Waals surface area contributed by atoms with E-state index in [4.69, 9.17) is 13.9 Å². The van der Waals surface area contributed by atoms with Crippen LogP contribution >= 0.6 is 0 Å². The van der Waals surface area contributed by atoms with Crippen molar-refractivity contribution in [3.05, 3.63) is 113 Å². The molecule has 2 heterocycles. The van der Waals surface area contributed by atoms with Crippen molar-refractivity contribution in [2.75, 3.05) is 13.7 Å². The number of H-pyrrole nitrogens is 1. The smallest absolute Gasteiger partial charge is 0.358 e. The molecule has 0 saturated heterocycles. The first-order valence-corrected chi connectivity index (χ1v) is 12.1. The van der Waals surface area contributed by atoms with Crippen molar-refractivity contribution in [2.24, 2.45) is 0 Å². The highest BCUT2D eigenvalue weighted by Gasteiger charge is 2.19. The molecular weight excluding hydrogens is 466 g/mol. The van der Waals surface area contributed by atoms with Gasteiger partial charge in [0.05, 0.1) is 25.1 Å². The van der Waals surface area contributed by atoms with E-state index >= 15 is 0 Å². The molecule has 0 aliphatic heterocycles. The summed E-state index contributed by atoms with van der Waals surface area (Å²) in [6.07, 6.45) is 1.10. The van der Waals surface area contributed by atoms with Crippen LogP contribution in [0.3, 0.4) is 0 Å². The van der Waals surface area contributed by atoms with Gasteiger partial charge in [0, 0.05) is 24.0 Å². The monoisotopic (exact) mass is 493 g/mol. The number of rotatable bonds is 9. The van der Waals surface area contributed by atoms with E-state index in [9.17, 15) is 4.79 Å². The second kappa shape index (κ2) is 11.0. The maximum absolute atomic E-state index is 12.4. The van der Waals surface area contributed by atoms with Gasteiger partial charge in [-0.05, 0) is 36.8 Å². The molecule has 1 N–H and O–H groups in total. The first-order chi connectivity index (χ1) is 18.1. The molecule has 0 aliphatic rings. The fourth-order valence-electron chi connectivity index (χ4n) is 4.11. The topological polar surface area (TPSA) is 90.2 Å². The van der Waals surface area contributed by atoms with Gasteiger partial charge in [-0.2, -0.15) is 0 Å². The maximum Gasteiger partial charge on any atom is 0.358 e. The molecule has 0 spiro atoms. The van der Waals surface area contributed by atoms with Crippen LogP contribution in [0.25, 0.3) is 22.8 Å². The SMILES string of the molecule is COC(=O)c1nc(-c2ccccc2)[nH]c1Cc1cccc(OCCc2nc(-c3ccccc3)oc2C)c1. The summed E-state index contributed by atoms with van der Waals surface area (Å²) < 4.78 is 16.8. The number of aromatic amines is 1. The van der Waals surface area contributed by atoms with Gasteiger partial charge in [-0.1, -0.05) is 60.7 Å². The van der Waals surface area contributed by atoms with E-state index in [0.29, 0.717) is 36.9 Å². The minimum Gasteiger partial charge on any atom is -0.493 e. The first-order valence-electron chi connectivity index (χ1n) is 12.1. The number of carbonyl (C=O) groups is 1. The number of carbonyl (C=O) groups excluding carboxylic acids is 1. The van der Waals surface area contributed by atoms with Gasteiger partial charge in [0.1, 0.15) is 17.3 Å². The van der Waals surface area contributed by atoms with E-state index in [1.165, 1.54) is 7.11 Å². The van der Waals surface area contributed by atoms with Gasteiger partial charge in [0.15, 0.2) is 5.69 Å².